The molecule has 1 rings (SSSR count). The average molecular weight is 173 g/mol. The number of nitrogens with zero attached hydrogens (tertiary/aromatic N) is 1. The molecule has 3 heteroatoms. The second-order valence-corrected chi connectivity index (χ2v) is 3.72. The van der Waals surface area contributed by atoms with Gasteiger partial charge in [0.2, 0.25) is 0 Å². The zero-order valence-electron chi connectivity index (χ0n) is 8.16. The highest BCUT2D eigenvalue weighted by atomic mass is 16.5. The topological polar surface area (TPSA) is 32.7 Å². The Kier molecular flexibility index (Phi) is 3.50. The van der Waals surface area contributed by atoms with E-state index >= 15 is 0 Å². The van der Waals surface area contributed by atoms with Gasteiger partial charge >= 0.3 is 0 Å². The molecule has 3 atom stereocenters. The van der Waals surface area contributed by atoms with E-state index in [0.717, 1.165) is 19.6 Å². The summed E-state index contributed by atoms with van der Waals surface area (Å²) in [7, 11) is 2.04. The first-order chi connectivity index (χ1) is 5.61. The Hall–Kier alpha value is -0.120. The number of ether oxygens (including phenoxy) is 1. The van der Waals surface area contributed by atoms with Gasteiger partial charge in [0.1, 0.15) is 0 Å². The molecule has 3 unspecified atom stereocenters. The number of likely N-dealkylation sites (N-methyl/N-ethyl adjacent to an activating group) is 1. The molecule has 1 saturated heterocycles. The van der Waals surface area contributed by atoms with Crippen LogP contribution in [0.2, 0.25) is 0 Å². The first-order valence-corrected chi connectivity index (χ1v) is 4.61. The van der Waals surface area contributed by atoms with E-state index in [1.54, 1.807) is 0 Å². The molecule has 0 aliphatic carbocycles. The molecule has 0 aromatic rings. The van der Waals surface area contributed by atoms with Gasteiger partial charge in [-0.3, -0.25) is 4.90 Å². The van der Waals surface area contributed by atoms with Gasteiger partial charge in [-0.1, -0.05) is 0 Å². The van der Waals surface area contributed by atoms with Crippen LogP contribution >= 0.6 is 0 Å². The lowest BCUT2D eigenvalue weighted by molar-refractivity contribution is 0.0628. The van der Waals surface area contributed by atoms with E-state index in [4.69, 9.17) is 4.74 Å². The maximum atomic E-state index is 9.19. The van der Waals surface area contributed by atoms with Gasteiger partial charge in [0.15, 0.2) is 0 Å². The highest BCUT2D eigenvalue weighted by molar-refractivity contribution is 4.80. The Morgan fingerprint density at radius 1 is 1.67 bits per heavy atom. The van der Waals surface area contributed by atoms with Crippen LogP contribution in [0.25, 0.3) is 0 Å². The molecule has 72 valence electrons. The number of hydrogen-bond donors (Lipinski definition) is 1. The third kappa shape index (κ3) is 2.44. The second kappa shape index (κ2) is 4.21. The van der Waals surface area contributed by atoms with Gasteiger partial charge in [0.05, 0.1) is 12.2 Å². The first kappa shape index (κ1) is 9.96. The minimum atomic E-state index is -0.247. The predicted molar refractivity (Wildman–Crippen MR) is 48.1 cm³/mol. The summed E-state index contributed by atoms with van der Waals surface area (Å²) in [5.74, 6) is 0. The van der Waals surface area contributed by atoms with Crippen LogP contribution in [-0.4, -0.2) is 48.5 Å². The minimum absolute atomic E-state index is 0.247. The van der Waals surface area contributed by atoms with Crippen LogP contribution < -0.4 is 0 Å². The van der Waals surface area contributed by atoms with Crippen molar-refractivity contribution < 1.29 is 9.84 Å². The largest absolute Gasteiger partial charge is 0.392 e. The van der Waals surface area contributed by atoms with Crippen molar-refractivity contribution >= 4 is 0 Å². The molecule has 1 aliphatic heterocycles. The summed E-state index contributed by atoms with van der Waals surface area (Å²) in [5.41, 5.74) is 0. The molecule has 0 aromatic carbocycles. The highest BCUT2D eigenvalue weighted by Gasteiger charge is 2.27. The highest BCUT2D eigenvalue weighted by Crippen LogP contribution is 2.17. The van der Waals surface area contributed by atoms with E-state index in [9.17, 15) is 5.11 Å². The fourth-order valence-corrected chi connectivity index (χ4v) is 1.85. The lowest BCUT2D eigenvalue weighted by Crippen LogP contribution is -2.40. The van der Waals surface area contributed by atoms with Crippen molar-refractivity contribution in [3.63, 3.8) is 0 Å². The maximum absolute atomic E-state index is 9.19. The standard InChI is InChI=1S/C9H19NO2/c1-7(11)6-10(3)9-4-5-12-8(9)2/h7-9,11H,4-6H2,1-3H3. The first-order valence-electron chi connectivity index (χ1n) is 4.61. The van der Waals surface area contributed by atoms with E-state index < -0.39 is 0 Å². The van der Waals surface area contributed by atoms with Gasteiger partial charge in [-0.05, 0) is 27.3 Å². The molecule has 0 bridgehead atoms. The summed E-state index contributed by atoms with van der Waals surface area (Å²) in [6, 6.07) is 0.486. The lowest BCUT2D eigenvalue weighted by Gasteiger charge is -2.27. The number of rotatable bonds is 3. The summed E-state index contributed by atoms with van der Waals surface area (Å²) >= 11 is 0. The summed E-state index contributed by atoms with van der Waals surface area (Å²) in [4.78, 5) is 2.18. The molecule has 1 fully saturated rings. The molecule has 3 nitrogen and oxygen atoms in total. The Bertz CT molecular complexity index is 138. The van der Waals surface area contributed by atoms with E-state index in [2.05, 4.69) is 11.8 Å². The van der Waals surface area contributed by atoms with E-state index in [-0.39, 0.29) is 6.10 Å². The van der Waals surface area contributed by atoms with Crippen LogP contribution in [-0.2, 0) is 4.74 Å². The fraction of sp³-hybridized carbons (Fsp3) is 1.00. The molecule has 0 aromatic heterocycles. The van der Waals surface area contributed by atoms with Crippen molar-refractivity contribution in [3.05, 3.63) is 0 Å². The summed E-state index contributed by atoms with van der Waals surface area (Å²) in [6.07, 6.45) is 1.15. The van der Waals surface area contributed by atoms with Crippen LogP contribution in [0.5, 0.6) is 0 Å². The van der Waals surface area contributed by atoms with Crippen molar-refractivity contribution in [2.75, 3.05) is 20.2 Å². The third-order valence-electron chi connectivity index (χ3n) is 2.45. The summed E-state index contributed by atoms with van der Waals surface area (Å²) < 4.78 is 5.44. The summed E-state index contributed by atoms with van der Waals surface area (Å²) in [6.45, 7) is 5.50. The quantitative estimate of drug-likeness (QED) is 0.673. The van der Waals surface area contributed by atoms with Crippen LogP contribution in [0, 0.1) is 0 Å². The molecular weight excluding hydrogens is 154 g/mol. The zero-order chi connectivity index (χ0) is 9.14. The van der Waals surface area contributed by atoms with E-state index in [1.165, 1.54) is 0 Å². The van der Waals surface area contributed by atoms with Crippen molar-refractivity contribution in [2.45, 2.75) is 38.5 Å². The van der Waals surface area contributed by atoms with Gasteiger partial charge in [-0.15, -0.1) is 0 Å². The molecule has 0 amide bonds. The monoisotopic (exact) mass is 173 g/mol. The Labute approximate surface area is 74.3 Å². The molecule has 12 heavy (non-hydrogen) atoms. The van der Waals surface area contributed by atoms with Gasteiger partial charge in [-0.25, -0.2) is 0 Å². The molecule has 1 N–H and O–H groups in total. The Balaban J connectivity index is 2.35. The van der Waals surface area contributed by atoms with Crippen LogP contribution in [0.3, 0.4) is 0 Å². The van der Waals surface area contributed by atoms with E-state index in [0.29, 0.717) is 12.1 Å². The molecule has 0 spiro atoms. The Morgan fingerprint density at radius 3 is 2.75 bits per heavy atom. The van der Waals surface area contributed by atoms with Gasteiger partial charge in [0, 0.05) is 19.2 Å². The van der Waals surface area contributed by atoms with Crippen LogP contribution in [0.15, 0.2) is 0 Å². The molecule has 1 heterocycles. The van der Waals surface area contributed by atoms with Crippen LogP contribution in [0.1, 0.15) is 20.3 Å². The zero-order valence-corrected chi connectivity index (χ0v) is 8.16. The fourth-order valence-electron chi connectivity index (χ4n) is 1.85. The van der Waals surface area contributed by atoms with Crippen molar-refractivity contribution in [1.29, 1.82) is 0 Å². The van der Waals surface area contributed by atoms with Crippen LogP contribution in [0.4, 0.5) is 0 Å². The van der Waals surface area contributed by atoms with Crippen molar-refractivity contribution in [1.82, 2.24) is 4.90 Å². The normalized spacial score (nSPS) is 32.8. The third-order valence-corrected chi connectivity index (χ3v) is 2.45. The number of aliphatic hydroxyl groups excluding tert-OH is 1. The smallest absolute Gasteiger partial charge is 0.0702 e. The summed E-state index contributed by atoms with van der Waals surface area (Å²) in [5, 5.41) is 9.19. The van der Waals surface area contributed by atoms with Crippen molar-refractivity contribution in [3.8, 4) is 0 Å². The molecule has 0 saturated carbocycles. The average Bonchev–Trinajstić information content (AvgIpc) is 2.33. The van der Waals surface area contributed by atoms with Gasteiger partial charge in [-0.2, -0.15) is 0 Å². The maximum Gasteiger partial charge on any atom is 0.0702 e. The van der Waals surface area contributed by atoms with Gasteiger partial charge in [0.25, 0.3) is 0 Å². The second-order valence-electron chi connectivity index (χ2n) is 3.72. The number of aliphatic hydroxyl groups is 1. The van der Waals surface area contributed by atoms with Crippen molar-refractivity contribution in [2.24, 2.45) is 0 Å². The minimum Gasteiger partial charge on any atom is -0.392 e. The number of hydrogen-bond acceptors (Lipinski definition) is 3. The molecule has 1 aliphatic rings. The van der Waals surface area contributed by atoms with Gasteiger partial charge < -0.3 is 9.84 Å². The predicted octanol–water partition coefficient (Wildman–Crippen LogP) is 0.476. The van der Waals surface area contributed by atoms with E-state index in [1.807, 2.05) is 14.0 Å². The Morgan fingerprint density at radius 2 is 2.33 bits per heavy atom. The molecular formula is C9H19NO2. The molecule has 0 radical (unpaired) electrons. The SMILES string of the molecule is CC(O)CN(C)C1CCOC1C. The lowest BCUT2D eigenvalue weighted by atomic mass is 10.1.